The van der Waals surface area contributed by atoms with E-state index in [1.54, 1.807) is 51.2 Å². The predicted molar refractivity (Wildman–Crippen MR) is 117 cm³/mol. The number of carbonyl (C=O) groups excluding carboxylic acids is 1. The number of thioether (sulfide) groups is 1. The number of ether oxygens (including phenoxy) is 2. The molecule has 0 aliphatic rings. The molecular formula is C22H25N3O4S. The second-order valence-corrected chi connectivity index (χ2v) is 7.48. The number of aryl methyl sites for hydroxylation is 1. The number of methoxy groups -OCH3 is 2. The van der Waals surface area contributed by atoms with E-state index in [2.05, 4.69) is 10.4 Å². The first-order chi connectivity index (χ1) is 14.5. The van der Waals surface area contributed by atoms with Crippen molar-refractivity contribution < 1.29 is 19.4 Å². The van der Waals surface area contributed by atoms with Crippen LogP contribution in [0, 0.1) is 0 Å². The van der Waals surface area contributed by atoms with E-state index in [0.717, 1.165) is 16.0 Å². The van der Waals surface area contributed by atoms with Crippen molar-refractivity contribution in [3.8, 4) is 22.8 Å². The molecule has 7 nitrogen and oxygen atoms in total. The minimum absolute atomic E-state index is 0.0977. The number of nitrogens with one attached hydrogen (secondary N) is 1. The second kappa shape index (κ2) is 9.69. The van der Waals surface area contributed by atoms with Crippen molar-refractivity contribution in [3.05, 3.63) is 59.8 Å². The maximum absolute atomic E-state index is 12.7. The first kappa shape index (κ1) is 21.7. The lowest BCUT2D eigenvalue weighted by Crippen LogP contribution is -2.29. The van der Waals surface area contributed by atoms with Crippen molar-refractivity contribution in [2.45, 2.75) is 11.0 Å². The molecule has 1 heterocycles. The number of aromatic nitrogens is 2. The number of nitrogens with zero attached hydrogens (tertiary/aromatic N) is 2. The van der Waals surface area contributed by atoms with Crippen LogP contribution < -0.4 is 14.8 Å². The Morgan fingerprint density at radius 2 is 1.90 bits per heavy atom. The van der Waals surface area contributed by atoms with Crippen LogP contribution in [0.3, 0.4) is 0 Å². The molecule has 0 saturated carbocycles. The zero-order valence-corrected chi connectivity index (χ0v) is 18.2. The zero-order chi connectivity index (χ0) is 21.7. The molecule has 0 unspecified atom stereocenters. The molecule has 0 saturated heterocycles. The van der Waals surface area contributed by atoms with E-state index in [4.69, 9.17) is 9.47 Å². The predicted octanol–water partition coefficient (Wildman–Crippen LogP) is 3.29. The van der Waals surface area contributed by atoms with Crippen molar-refractivity contribution in [1.29, 1.82) is 0 Å². The van der Waals surface area contributed by atoms with Gasteiger partial charge < -0.3 is 19.9 Å². The highest BCUT2D eigenvalue weighted by atomic mass is 32.2. The van der Waals surface area contributed by atoms with Crippen LogP contribution in [0.25, 0.3) is 11.3 Å². The minimum atomic E-state index is -0.795. The standard InChI is InChI=1S/C22H25N3O4S/c1-25-19(12-18(24-25)17-11-15(28-2)7-10-21(17)29-3)22(27)23-13-20(26)14-5-8-16(30-4)9-6-14/h5-12,20,26H,13H2,1-4H3,(H,23,27)/t20-/m0/s1. The lowest BCUT2D eigenvalue weighted by atomic mass is 10.1. The van der Waals surface area contributed by atoms with Crippen LogP contribution in [0.2, 0.25) is 0 Å². The van der Waals surface area contributed by atoms with Crippen LogP contribution in [0.4, 0.5) is 0 Å². The Labute approximate surface area is 180 Å². The summed E-state index contributed by atoms with van der Waals surface area (Å²) in [5.41, 5.74) is 2.44. The number of hydrogen-bond donors (Lipinski definition) is 2. The highest BCUT2D eigenvalue weighted by Crippen LogP contribution is 2.33. The lowest BCUT2D eigenvalue weighted by molar-refractivity contribution is 0.0907. The summed E-state index contributed by atoms with van der Waals surface area (Å²) >= 11 is 1.63. The van der Waals surface area contributed by atoms with Gasteiger partial charge in [0.1, 0.15) is 17.2 Å². The van der Waals surface area contributed by atoms with Crippen molar-refractivity contribution in [1.82, 2.24) is 15.1 Å². The third kappa shape index (κ3) is 4.77. The van der Waals surface area contributed by atoms with Gasteiger partial charge in [-0.25, -0.2) is 0 Å². The van der Waals surface area contributed by atoms with Gasteiger partial charge in [-0.05, 0) is 48.2 Å². The molecule has 0 aliphatic carbocycles. The van der Waals surface area contributed by atoms with Crippen LogP contribution in [0.15, 0.2) is 53.4 Å². The van der Waals surface area contributed by atoms with Crippen molar-refractivity contribution in [3.63, 3.8) is 0 Å². The maximum Gasteiger partial charge on any atom is 0.269 e. The number of aliphatic hydroxyl groups is 1. The summed E-state index contributed by atoms with van der Waals surface area (Å²) < 4.78 is 12.2. The zero-order valence-electron chi connectivity index (χ0n) is 17.4. The first-order valence-corrected chi connectivity index (χ1v) is 10.6. The van der Waals surface area contributed by atoms with Crippen LogP contribution in [0.5, 0.6) is 11.5 Å². The van der Waals surface area contributed by atoms with Gasteiger partial charge in [0, 0.05) is 24.1 Å². The van der Waals surface area contributed by atoms with Crippen LogP contribution in [-0.4, -0.2) is 47.8 Å². The van der Waals surface area contributed by atoms with Crippen molar-refractivity contribution in [2.24, 2.45) is 7.05 Å². The van der Waals surface area contributed by atoms with E-state index in [0.29, 0.717) is 22.9 Å². The Hall–Kier alpha value is -2.97. The van der Waals surface area contributed by atoms with E-state index in [1.165, 1.54) is 4.68 Å². The summed E-state index contributed by atoms with van der Waals surface area (Å²) in [5.74, 6) is 0.973. The van der Waals surface area contributed by atoms with Crippen molar-refractivity contribution in [2.75, 3.05) is 27.0 Å². The molecule has 0 fully saturated rings. The summed E-state index contributed by atoms with van der Waals surface area (Å²) in [5, 5.41) is 17.6. The molecule has 2 aromatic carbocycles. The molecule has 1 atom stereocenters. The molecule has 1 aromatic heterocycles. The monoisotopic (exact) mass is 427 g/mol. The van der Waals surface area contributed by atoms with Gasteiger partial charge in [-0.1, -0.05) is 12.1 Å². The van der Waals surface area contributed by atoms with Gasteiger partial charge in [0.05, 0.1) is 26.0 Å². The molecule has 3 rings (SSSR count). The van der Waals surface area contributed by atoms with Gasteiger partial charge in [0.15, 0.2) is 0 Å². The van der Waals surface area contributed by atoms with Gasteiger partial charge >= 0.3 is 0 Å². The Kier molecular flexibility index (Phi) is 7.02. The van der Waals surface area contributed by atoms with Crippen LogP contribution in [-0.2, 0) is 7.05 Å². The van der Waals surface area contributed by atoms with E-state index in [1.807, 2.05) is 36.6 Å². The smallest absolute Gasteiger partial charge is 0.269 e. The molecule has 0 radical (unpaired) electrons. The molecule has 1 amide bonds. The molecule has 0 spiro atoms. The van der Waals surface area contributed by atoms with Crippen molar-refractivity contribution >= 4 is 17.7 Å². The van der Waals surface area contributed by atoms with Crippen LogP contribution in [0.1, 0.15) is 22.2 Å². The van der Waals surface area contributed by atoms with E-state index < -0.39 is 6.10 Å². The average molecular weight is 428 g/mol. The molecule has 0 bridgehead atoms. The summed E-state index contributed by atoms with van der Waals surface area (Å²) in [6, 6.07) is 14.7. The maximum atomic E-state index is 12.7. The molecule has 0 aliphatic heterocycles. The molecule has 2 N–H and O–H groups in total. The molecule has 158 valence electrons. The highest BCUT2D eigenvalue weighted by Gasteiger charge is 2.18. The third-order valence-corrected chi connectivity index (χ3v) is 5.50. The van der Waals surface area contributed by atoms with Gasteiger partial charge in [0.25, 0.3) is 5.91 Å². The van der Waals surface area contributed by atoms with Crippen LogP contribution >= 0.6 is 11.8 Å². The fourth-order valence-electron chi connectivity index (χ4n) is 3.05. The van der Waals surface area contributed by atoms with Gasteiger partial charge in [-0.3, -0.25) is 9.48 Å². The SMILES string of the molecule is COc1ccc(OC)c(-c2cc(C(=O)NC[C@H](O)c3ccc(SC)cc3)n(C)n2)c1. The fraction of sp³-hybridized carbons (Fsp3) is 0.273. The van der Waals surface area contributed by atoms with Gasteiger partial charge in [-0.15, -0.1) is 11.8 Å². The summed E-state index contributed by atoms with van der Waals surface area (Å²) in [6.07, 6.45) is 1.20. The Morgan fingerprint density at radius 3 is 2.53 bits per heavy atom. The highest BCUT2D eigenvalue weighted by molar-refractivity contribution is 7.98. The largest absolute Gasteiger partial charge is 0.497 e. The lowest BCUT2D eigenvalue weighted by Gasteiger charge is -2.12. The third-order valence-electron chi connectivity index (χ3n) is 4.75. The topological polar surface area (TPSA) is 85.6 Å². The summed E-state index contributed by atoms with van der Waals surface area (Å²) in [6.45, 7) is 0.0977. The normalized spacial score (nSPS) is 11.8. The molecule has 30 heavy (non-hydrogen) atoms. The minimum Gasteiger partial charge on any atom is -0.497 e. The Balaban J connectivity index is 1.74. The molecular weight excluding hydrogens is 402 g/mol. The van der Waals surface area contributed by atoms with Gasteiger partial charge in [0.2, 0.25) is 0 Å². The summed E-state index contributed by atoms with van der Waals surface area (Å²) in [7, 11) is 4.86. The number of aliphatic hydroxyl groups excluding tert-OH is 1. The second-order valence-electron chi connectivity index (χ2n) is 6.60. The fourth-order valence-corrected chi connectivity index (χ4v) is 3.46. The molecule has 8 heteroatoms. The van der Waals surface area contributed by atoms with Gasteiger partial charge in [-0.2, -0.15) is 5.10 Å². The summed E-state index contributed by atoms with van der Waals surface area (Å²) in [4.78, 5) is 13.8. The number of carbonyl (C=O) groups is 1. The number of hydrogen-bond acceptors (Lipinski definition) is 6. The number of amides is 1. The Morgan fingerprint density at radius 1 is 1.17 bits per heavy atom. The molecule has 3 aromatic rings. The quantitative estimate of drug-likeness (QED) is 0.537. The number of rotatable bonds is 8. The first-order valence-electron chi connectivity index (χ1n) is 9.33. The van der Waals surface area contributed by atoms with E-state index in [-0.39, 0.29) is 12.5 Å². The number of benzene rings is 2. The Bertz CT molecular complexity index is 1020. The van der Waals surface area contributed by atoms with E-state index >= 15 is 0 Å². The van der Waals surface area contributed by atoms with E-state index in [9.17, 15) is 9.90 Å². The average Bonchev–Trinajstić information content (AvgIpc) is 3.18.